The predicted octanol–water partition coefficient (Wildman–Crippen LogP) is 4.41. The van der Waals surface area contributed by atoms with Crippen LogP contribution in [-0.4, -0.2) is 4.57 Å². The monoisotopic (exact) mass is 283 g/mol. The van der Waals surface area contributed by atoms with E-state index in [2.05, 4.69) is 71.2 Å². The average Bonchev–Trinajstić information content (AvgIpc) is 2.57. The smallest absolute Gasteiger partial charge is 0.0629 e. The van der Waals surface area contributed by atoms with Crippen molar-refractivity contribution in [1.82, 2.24) is 4.57 Å². The summed E-state index contributed by atoms with van der Waals surface area (Å²) in [5.74, 6) is 0.777. The molecule has 2 rings (SSSR count). The Morgan fingerprint density at radius 2 is 2.13 bits per heavy atom. The number of fused-ring (bicyclic) bond motifs is 1. The lowest BCUT2D eigenvalue weighted by Gasteiger charge is -2.14. The molecular formula is C12H14BrNS. The zero-order valence-electron chi connectivity index (χ0n) is 8.87. The summed E-state index contributed by atoms with van der Waals surface area (Å²) in [7, 11) is 0. The van der Waals surface area contributed by atoms with Crippen LogP contribution >= 0.6 is 28.6 Å². The van der Waals surface area contributed by atoms with Gasteiger partial charge in [0.2, 0.25) is 0 Å². The summed E-state index contributed by atoms with van der Waals surface area (Å²) in [6.45, 7) is 4.40. The normalized spacial score (nSPS) is 11.5. The maximum Gasteiger partial charge on any atom is 0.0629 e. The van der Waals surface area contributed by atoms with Crippen LogP contribution in [0.2, 0.25) is 0 Å². The van der Waals surface area contributed by atoms with Gasteiger partial charge in [-0.3, -0.25) is 0 Å². The molecule has 0 bridgehead atoms. The van der Waals surface area contributed by atoms with Gasteiger partial charge in [-0.05, 0) is 41.9 Å². The molecule has 0 saturated heterocycles. The van der Waals surface area contributed by atoms with E-state index in [1.807, 2.05) is 0 Å². The molecule has 1 aromatic carbocycles. The highest BCUT2D eigenvalue weighted by Crippen LogP contribution is 2.30. The van der Waals surface area contributed by atoms with Crippen molar-refractivity contribution in [3.05, 3.63) is 34.4 Å². The predicted molar refractivity (Wildman–Crippen MR) is 72.7 cm³/mol. The zero-order chi connectivity index (χ0) is 11.0. The number of benzene rings is 1. The van der Waals surface area contributed by atoms with Crippen LogP contribution in [0.3, 0.4) is 0 Å². The van der Waals surface area contributed by atoms with Crippen molar-refractivity contribution < 1.29 is 0 Å². The maximum atomic E-state index is 4.38. The molecule has 2 aromatic rings. The lowest BCUT2D eigenvalue weighted by molar-refractivity contribution is 0.605. The fourth-order valence-corrected chi connectivity index (χ4v) is 2.82. The lowest BCUT2D eigenvalue weighted by atomic mass is 10.2. The Balaban J connectivity index is 2.82. The van der Waals surface area contributed by atoms with Crippen LogP contribution in [0.1, 0.15) is 25.6 Å². The second-order valence-corrected chi connectivity index (χ2v) is 5.11. The number of nitrogens with zero attached hydrogens (tertiary/aromatic N) is 1. The van der Waals surface area contributed by atoms with E-state index in [0.717, 1.165) is 10.2 Å². The second kappa shape index (κ2) is 4.22. The summed E-state index contributed by atoms with van der Waals surface area (Å²) in [5.41, 5.74) is 2.55. The lowest BCUT2D eigenvalue weighted by Crippen LogP contribution is -2.04. The van der Waals surface area contributed by atoms with Crippen molar-refractivity contribution in [2.75, 3.05) is 0 Å². The summed E-state index contributed by atoms with van der Waals surface area (Å²) in [5, 5.41) is 1.28. The molecule has 0 N–H and O–H groups in total. The minimum atomic E-state index is 0.461. The molecule has 0 fully saturated rings. The number of para-hydroxylation sites is 1. The number of aromatic nitrogens is 1. The Morgan fingerprint density at radius 3 is 2.73 bits per heavy atom. The topological polar surface area (TPSA) is 4.93 Å². The molecule has 0 aliphatic heterocycles. The first-order valence-electron chi connectivity index (χ1n) is 5.04. The van der Waals surface area contributed by atoms with E-state index in [4.69, 9.17) is 0 Å². The first-order valence-corrected chi connectivity index (χ1v) is 6.47. The molecule has 1 nitrogen and oxygen atoms in total. The standard InChI is InChI=1S/C12H14BrNS/c1-8(2)14-10(7-15)6-9-4-3-5-11(13)12(9)14/h3-6,8,15H,7H2,1-2H3. The second-order valence-electron chi connectivity index (χ2n) is 3.94. The van der Waals surface area contributed by atoms with E-state index in [0.29, 0.717) is 6.04 Å². The molecule has 0 amide bonds. The van der Waals surface area contributed by atoms with Gasteiger partial charge in [-0.25, -0.2) is 0 Å². The molecule has 1 heterocycles. The number of halogens is 1. The van der Waals surface area contributed by atoms with Crippen LogP contribution in [0.5, 0.6) is 0 Å². The Bertz CT molecular complexity index is 488. The number of thiol groups is 1. The van der Waals surface area contributed by atoms with Gasteiger partial charge in [0.25, 0.3) is 0 Å². The summed E-state index contributed by atoms with van der Waals surface area (Å²) < 4.78 is 3.49. The van der Waals surface area contributed by atoms with E-state index in [1.165, 1.54) is 16.6 Å². The van der Waals surface area contributed by atoms with Crippen LogP contribution < -0.4 is 0 Å². The van der Waals surface area contributed by atoms with Crippen LogP contribution in [0.25, 0.3) is 10.9 Å². The summed E-state index contributed by atoms with van der Waals surface area (Å²) in [6, 6.07) is 8.98. The fraction of sp³-hybridized carbons (Fsp3) is 0.333. The van der Waals surface area contributed by atoms with E-state index >= 15 is 0 Å². The Labute approximate surface area is 104 Å². The van der Waals surface area contributed by atoms with Crippen molar-refractivity contribution in [1.29, 1.82) is 0 Å². The van der Waals surface area contributed by atoms with Gasteiger partial charge in [0.1, 0.15) is 0 Å². The molecule has 0 atom stereocenters. The van der Waals surface area contributed by atoms with Gasteiger partial charge in [0.05, 0.1) is 5.52 Å². The average molecular weight is 284 g/mol. The van der Waals surface area contributed by atoms with Crippen LogP contribution in [0, 0.1) is 0 Å². The maximum absolute atomic E-state index is 4.38. The van der Waals surface area contributed by atoms with Crippen LogP contribution in [-0.2, 0) is 5.75 Å². The largest absolute Gasteiger partial charge is 0.340 e. The summed E-state index contributed by atoms with van der Waals surface area (Å²) >= 11 is 8.00. The molecule has 3 heteroatoms. The molecule has 0 radical (unpaired) electrons. The minimum Gasteiger partial charge on any atom is -0.340 e. The highest BCUT2D eigenvalue weighted by atomic mass is 79.9. The number of hydrogen-bond donors (Lipinski definition) is 1. The van der Waals surface area contributed by atoms with Crippen molar-refractivity contribution in [2.45, 2.75) is 25.6 Å². The minimum absolute atomic E-state index is 0.461. The Hall–Kier alpha value is -0.410. The molecule has 80 valence electrons. The highest BCUT2D eigenvalue weighted by Gasteiger charge is 2.12. The van der Waals surface area contributed by atoms with Gasteiger partial charge in [0.15, 0.2) is 0 Å². The first kappa shape index (κ1) is 11.1. The van der Waals surface area contributed by atoms with Gasteiger partial charge in [-0.1, -0.05) is 12.1 Å². The van der Waals surface area contributed by atoms with Gasteiger partial charge >= 0.3 is 0 Å². The number of hydrogen-bond acceptors (Lipinski definition) is 1. The summed E-state index contributed by atoms with van der Waals surface area (Å²) in [4.78, 5) is 0. The van der Waals surface area contributed by atoms with Gasteiger partial charge in [-0.15, -0.1) is 0 Å². The van der Waals surface area contributed by atoms with E-state index in [1.54, 1.807) is 0 Å². The molecule has 0 spiro atoms. The number of rotatable bonds is 2. The summed E-state index contributed by atoms with van der Waals surface area (Å²) in [6.07, 6.45) is 0. The Morgan fingerprint density at radius 1 is 1.40 bits per heavy atom. The molecule has 0 aliphatic rings. The molecule has 1 aromatic heterocycles. The van der Waals surface area contributed by atoms with Crippen molar-refractivity contribution >= 4 is 39.5 Å². The first-order chi connectivity index (χ1) is 7.15. The molecule has 0 aliphatic carbocycles. The molecule has 0 saturated carbocycles. The third kappa shape index (κ3) is 1.83. The van der Waals surface area contributed by atoms with Gasteiger partial charge in [-0.2, -0.15) is 12.6 Å². The molecule has 15 heavy (non-hydrogen) atoms. The highest BCUT2D eigenvalue weighted by molar-refractivity contribution is 9.10. The van der Waals surface area contributed by atoms with E-state index < -0.39 is 0 Å². The quantitative estimate of drug-likeness (QED) is 0.779. The van der Waals surface area contributed by atoms with Crippen LogP contribution in [0.15, 0.2) is 28.7 Å². The van der Waals surface area contributed by atoms with Crippen LogP contribution in [0.4, 0.5) is 0 Å². The molecule has 0 unspecified atom stereocenters. The van der Waals surface area contributed by atoms with Crippen molar-refractivity contribution in [2.24, 2.45) is 0 Å². The van der Waals surface area contributed by atoms with Gasteiger partial charge in [0, 0.05) is 27.3 Å². The molecular weight excluding hydrogens is 270 g/mol. The third-order valence-electron chi connectivity index (χ3n) is 2.57. The van der Waals surface area contributed by atoms with Crippen molar-refractivity contribution in [3.63, 3.8) is 0 Å². The van der Waals surface area contributed by atoms with E-state index in [9.17, 15) is 0 Å². The Kier molecular flexibility index (Phi) is 3.12. The SMILES string of the molecule is CC(C)n1c(CS)cc2cccc(Br)c21. The fourth-order valence-electron chi connectivity index (χ4n) is 2.01. The van der Waals surface area contributed by atoms with Crippen molar-refractivity contribution in [3.8, 4) is 0 Å². The third-order valence-corrected chi connectivity index (χ3v) is 3.53. The van der Waals surface area contributed by atoms with E-state index in [-0.39, 0.29) is 0 Å². The zero-order valence-corrected chi connectivity index (χ0v) is 11.3. The van der Waals surface area contributed by atoms with Gasteiger partial charge < -0.3 is 4.57 Å².